The summed E-state index contributed by atoms with van der Waals surface area (Å²) in [6.45, 7) is 3.50. The van der Waals surface area contributed by atoms with E-state index in [1.807, 2.05) is 0 Å². The largest absolute Gasteiger partial charge is 0.393 e. The van der Waals surface area contributed by atoms with Crippen LogP contribution in [0, 0.1) is 0 Å². The molecule has 9 heteroatoms. The topological polar surface area (TPSA) is 52.3 Å². The number of benzene rings is 1. The Hall–Kier alpha value is -2.71. The molecule has 1 aromatic heterocycles. The van der Waals surface area contributed by atoms with E-state index in [2.05, 4.69) is 21.8 Å². The Kier molecular flexibility index (Phi) is 5.67. The van der Waals surface area contributed by atoms with Gasteiger partial charge in [-0.1, -0.05) is 42.1 Å². The van der Waals surface area contributed by atoms with Gasteiger partial charge in [0.15, 0.2) is 0 Å². The van der Waals surface area contributed by atoms with Gasteiger partial charge in [0, 0.05) is 5.56 Å². The number of oxime groups is 1. The normalized spacial score (nSPS) is 13.6. The van der Waals surface area contributed by atoms with Crippen molar-refractivity contribution in [3.8, 4) is 0 Å². The number of halogens is 4. The third-order valence-corrected chi connectivity index (χ3v) is 2.90. The number of alkyl halides is 4. The molecule has 0 aliphatic heterocycles. The van der Waals surface area contributed by atoms with Crippen molar-refractivity contribution in [2.45, 2.75) is 18.9 Å². The van der Waals surface area contributed by atoms with Crippen LogP contribution in [0.4, 0.5) is 17.6 Å². The van der Waals surface area contributed by atoms with Gasteiger partial charge in [0.25, 0.3) is 0 Å². The van der Waals surface area contributed by atoms with Gasteiger partial charge in [-0.25, -0.2) is 14.1 Å². The van der Waals surface area contributed by atoms with Crippen LogP contribution in [-0.4, -0.2) is 33.3 Å². The van der Waals surface area contributed by atoms with Crippen molar-refractivity contribution in [2.24, 2.45) is 5.16 Å². The molecule has 2 rings (SSSR count). The molecule has 0 saturated carbocycles. The van der Waals surface area contributed by atoms with Gasteiger partial charge in [-0.15, -0.1) is 0 Å². The lowest BCUT2D eigenvalue weighted by Crippen LogP contribution is -2.18. The quantitative estimate of drug-likeness (QED) is 0.255. The molecule has 128 valence electrons. The second kappa shape index (κ2) is 7.71. The molecule has 0 fully saturated rings. The molecule has 0 saturated heterocycles. The van der Waals surface area contributed by atoms with Crippen LogP contribution < -0.4 is 0 Å². The number of rotatable bonds is 7. The fourth-order valence-electron chi connectivity index (χ4n) is 1.88. The smallest absolute Gasteiger partial charge is 0.391 e. The van der Waals surface area contributed by atoms with Gasteiger partial charge in [0.05, 0.1) is 6.42 Å². The molecule has 1 unspecified atom stereocenters. The van der Waals surface area contributed by atoms with Crippen LogP contribution in [-0.2, 0) is 11.3 Å². The first kappa shape index (κ1) is 17.6. The maximum absolute atomic E-state index is 14.6. The summed E-state index contributed by atoms with van der Waals surface area (Å²) in [7, 11) is 0. The number of nitrogens with zero attached hydrogens (tertiary/aromatic N) is 4. The third kappa shape index (κ3) is 4.90. The van der Waals surface area contributed by atoms with E-state index in [-0.39, 0.29) is 23.4 Å². The molecule has 0 bridgehead atoms. The Morgan fingerprint density at radius 1 is 1.33 bits per heavy atom. The van der Waals surface area contributed by atoms with Crippen molar-refractivity contribution in [3.05, 3.63) is 60.7 Å². The second-order valence-electron chi connectivity index (χ2n) is 4.76. The van der Waals surface area contributed by atoms with Crippen LogP contribution >= 0.6 is 0 Å². The van der Waals surface area contributed by atoms with E-state index < -0.39 is 18.9 Å². The van der Waals surface area contributed by atoms with Crippen LogP contribution in [0.5, 0.6) is 0 Å². The molecule has 0 radical (unpaired) electrons. The lowest BCUT2D eigenvalue weighted by molar-refractivity contribution is -0.127. The van der Waals surface area contributed by atoms with E-state index in [1.54, 1.807) is 0 Å². The molecule has 1 heterocycles. The van der Waals surface area contributed by atoms with Crippen LogP contribution in [0.1, 0.15) is 17.4 Å². The van der Waals surface area contributed by atoms with Crippen molar-refractivity contribution in [3.63, 3.8) is 0 Å². The maximum atomic E-state index is 14.6. The Morgan fingerprint density at radius 3 is 2.58 bits per heavy atom. The molecular formula is C15H14F4N4O. The molecule has 0 spiro atoms. The summed E-state index contributed by atoms with van der Waals surface area (Å²) >= 11 is 0. The summed E-state index contributed by atoms with van der Waals surface area (Å²) in [4.78, 5) is 8.56. The molecule has 2 aromatic rings. The Labute approximate surface area is 135 Å². The predicted molar refractivity (Wildman–Crippen MR) is 79.1 cm³/mol. The summed E-state index contributed by atoms with van der Waals surface area (Å²) < 4.78 is 52.6. The van der Waals surface area contributed by atoms with E-state index >= 15 is 0 Å². The van der Waals surface area contributed by atoms with Gasteiger partial charge in [0.2, 0.25) is 6.30 Å². The monoisotopic (exact) mass is 342 g/mol. The summed E-state index contributed by atoms with van der Waals surface area (Å²) in [6, 6.07) is 5.22. The standard InChI is InChI=1S/C15H14F4N4O/c1-2-7-24-22-13(14(16)23-10-20-9-21-23)12-5-3-11(4-6-12)8-15(17,18)19/h2-6,9-10,14H,1,7-8H2. The number of aromatic nitrogens is 3. The average Bonchev–Trinajstić information content (AvgIpc) is 3.05. The molecule has 5 nitrogen and oxygen atoms in total. The van der Waals surface area contributed by atoms with Gasteiger partial charge in [-0.05, 0) is 5.56 Å². The molecule has 1 aromatic carbocycles. The highest BCUT2D eigenvalue weighted by Gasteiger charge is 2.28. The molecule has 0 amide bonds. The van der Waals surface area contributed by atoms with Crippen molar-refractivity contribution < 1.29 is 22.4 Å². The van der Waals surface area contributed by atoms with E-state index in [0.717, 1.165) is 17.3 Å². The van der Waals surface area contributed by atoms with Crippen molar-refractivity contribution >= 4 is 5.71 Å². The van der Waals surface area contributed by atoms with Crippen LogP contribution in [0.15, 0.2) is 54.7 Å². The predicted octanol–water partition coefficient (Wildman–Crippen LogP) is 3.46. The van der Waals surface area contributed by atoms with E-state index in [4.69, 9.17) is 4.84 Å². The lowest BCUT2D eigenvalue weighted by atomic mass is 10.1. The zero-order valence-electron chi connectivity index (χ0n) is 12.4. The highest BCUT2D eigenvalue weighted by molar-refractivity contribution is 6.02. The first-order valence-electron chi connectivity index (χ1n) is 6.85. The van der Waals surface area contributed by atoms with Crippen molar-refractivity contribution in [1.82, 2.24) is 14.8 Å². The van der Waals surface area contributed by atoms with E-state index in [0.29, 0.717) is 0 Å². The SMILES string of the molecule is C=CCON=C(c1ccc(CC(F)(F)F)cc1)C(F)n1cncn1. The van der Waals surface area contributed by atoms with Gasteiger partial charge < -0.3 is 4.84 Å². The maximum Gasteiger partial charge on any atom is 0.393 e. The Morgan fingerprint density at radius 2 is 2.04 bits per heavy atom. The average molecular weight is 342 g/mol. The summed E-state index contributed by atoms with van der Waals surface area (Å²) in [6.07, 6.45) is -3.43. The molecular weight excluding hydrogens is 328 g/mol. The van der Waals surface area contributed by atoms with Gasteiger partial charge in [-0.3, -0.25) is 0 Å². The highest BCUT2D eigenvalue weighted by Crippen LogP contribution is 2.23. The van der Waals surface area contributed by atoms with Crippen LogP contribution in [0.25, 0.3) is 0 Å². The second-order valence-corrected chi connectivity index (χ2v) is 4.76. The minimum Gasteiger partial charge on any atom is -0.391 e. The molecule has 0 aliphatic carbocycles. The lowest BCUT2D eigenvalue weighted by Gasteiger charge is -2.12. The fraction of sp³-hybridized carbons (Fsp3) is 0.267. The zero-order chi connectivity index (χ0) is 17.6. The Balaban J connectivity index is 2.26. The van der Waals surface area contributed by atoms with Crippen LogP contribution in [0.3, 0.4) is 0 Å². The van der Waals surface area contributed by atoms with Crippen LogP contribution in [0.2, 0.25) is 0 Å². The fourth-order valence-corrected chi connectivity index (χ4v) is 1.88. The zero-order valence-corrected chi connectivity index (χ0v) is 12.4. The first-order valence-corrected chi connectivity index (χ1v) is 6.85. The third-order valence-electron chi connectivity index (χ3n) is 2.90. The van der Waals surface area contributed by atoms with E-state index in [9.17, 15) is 17.6 Å². The Bertz CT molecular complexity index is 680. The summed E-state index contributed by atoms with van der Waals surface area (Å²) in [5.41, 5.74) is 0.197. The number of hydrogen-bond acceptors (Lipinski definition) is 4. The van der Waals surface area contributed by atoms with Gasteiger partial charge >= 0.3 is 6.18 Å². The highest BCUT2D eigenvalue weighted by atomic mass is 19.4. The van der Waals surface area contributed by atoms with Gasteiger partial charge in [0.1, 0.15) is 25.0 Å². The minimum absolute atomic E-state index is 0.0553. The van der Waals surface area contributed by atoms with Crippen molar-refractivity contribution in [2.75, 3.05) is 6.61 Å². The number of hydrogen-bond donors (Lipinski definition) is 0. The minimum atomic E-state index is -4.31. The first-order chi connectivity index (χ1) is 11.4. The molecule has 0 N–H and O–H groups in total. The summed E-state index contributed by atoms with van der Waals surface area (Å²) in [5, 5.41) is 7.39. The summed E-state index contributed by atoms with van der Waals surface area (Å²) in [5.74, 6) is 0. The van der Waals surface area contributed by atoms with E-state index in [1.165, 1.54) is 30.3 Å². The molecule has 1 atom stereocenters. The molecule has 0 aliphatic rings. The van der Waals surface area contributed by atoms with Gasteiger partial charge in [-0.2, -0.15) is 18.3 Å². The van der Waals surface area contributed by atoms with Crippen molar-refractivity contribution in [1.29, 1.82) is 0 Å². The molecule has 24 heavy (non-hydrogen) atoms.